The summed E-state index contributed by atoms with van der Waals surface area (Å²) in [5, 5.41) is 8.11. The van der Waals surface area contributed by atoms with E-state index in [1.54, 1.807) is 24.3 Å². The Bertz CT molecular complexity index is 2000. The van der Waals surface area contributed by atoms with E-state index in [1.165, 1.54) is 38.3 Å². The second-order valence-corrected chi connectivity index (χ2v) is 14.4. The summed E-state index contributed by atoms with van der Waals surface area (Å²) in [5.74, 6) is 0.351. The van der Waals surface area contributed by atoms with E-state index in [2.05, 4.69) is 41.9 Å². The van der Waals surface area contributed by atoms with Crippen molar-refractivity contribution in [3.63, 3.8) is 0 Å². The highest BCUT2D eigenvalue weighted by atomic mass is 19.1. The highest BCUT2D eigenvalue weighted by Crippen LogP contribution is 2.41. The minimum atomic E-state index is -0.718. The fourth-order valence-corrected chi connectivity index (χ4v) is 7.94. The van der Waals surface area contributed by atoms with Gasteiger partial charge in [0.25, 0.3) is 0 Å². The van der Waals surface area contributed by atoms with Crippen molar-refractivity contribution < 1.29 is 27.9 Å². The molecule has 3 aliphatic heterocycles. The van der Waals surface area contributed by atoms with Crippen LogP contribution in [0.4, 0.5) is 37.5 Å². The summed E-state index contributed by atoms with van der Waals surface area (Å²) < 4.78 is 39.3. The van der Waals surface area contributed by atoms with Crippen LogP contribution in [-0.4, -0.2) is 90.7 Å². The van der Waals surface area contributed by atoms with Gasteiger partial charge in [0, 0.05) is 88.1 Å². The number of halogens is 2. The number of nitrogens with one attached hydrogen (secondary N) is 2. The van der Waals surface area contributed by atoms with Crippen LogP contribution in [0.3, 0.4) is 0 Å². The Morgan fingerprint density at radius 2 is 1.58 bits per heavy atom. The van der Waals surface area contributed by atoms with Gasteiger partial charge in [0.05, 0.1) is 36.8 Å². The van der Waals surface area contributed by atoms with Gasteiger partial charge in [-0.2, -0.15) is 0 Å². The van der Waals surface area contributed by atoms with E-state index in [4.69, 9.17) is 14.3 Å². The number of hydrogen-bond acceptors (Lipinski definition) is 11. The normalized spacial score (nSPS) is 19.7. The average Bonchev–Trinajstić information content (AvgIpc) is 3.93. The number of amides is 1. The van der Waals surface area contributed by atoms with Gasteiger partial charge in [-0.1, -0.05) is 18.7 Å². The average molecular weight is 753 g/mol. The molecule has 12 nitrogen and oxygen atoms in total. The van der Waals surface area contributed by atoms with Gasteiger partial charge in [-0.25, -0.2) is 23.8 Å². The van der Waals surface area contributed by atoms with Gasteiger partial charge in [-0.3, -0.25) is 19.4 Å². The number of rotatable bonds is 12. The van der Waals surface area contributed by atoms with E-state index in [9.17, 15) is 13.6 Å². The molecule has 3 saturated heterocycles. The second-order valence-electron chi connectivity index (χ2n) is 14.4. The van der Waals surface area contributed by atoms with Crippen molar-refractivity contribution in [2.24, 2.45) is 0 Å². The molecule has 4 fully saturated rings. The van der Waals surface area contributed by atoms with Crippen LogP contribution in [0.2, 0.25) is 0 Å². The number of aromatic nitrogens is 2. The summed E-state index contributed by atoms with van der Waals surface area (Å²) in [6.07, 6.45) is 8.19. The van der Waals surface area contributed by atoms with Gasteiger partial charge in [0.2, 0.25) is 5.91 Å². The summed E-state index contributed by atoms with van der Waals surface area (Å²) in [5.41, 5.74) is 3.02. The van der Waals surface area contributed by atoms with Gasteiger partial charge in [0.1, 0.15) is 41.0 Å². The first-order valence-electron chi connectivity index (χ1n) is 19.0. The first-order chi connectivity index (χ1) is 26.8. The molecule has 55 heavy (non-hydrogen) atoms. The van der Waals surface area contributed by atoms with E-state index in [0.717, 1.165) is 74.5 Å². The Hall–Kier alpha value is -5.31. The molecule has 0 bridgehead atoms. The van der Waals surface area contributed by atoms with Crippen molar-refractivity contribution in [3.8, 4) is 17.2 Å². The fourth-order valence-electron chi connectivity index (χ4n) is 7.94. The molecule has 4 aliphatic rings. The molecule has 4 aromatic rings. The smallest absolute Gasteiger partial charge is 0.247 e. The summed E-state index contributed by atoms with van der Waals surface area (Å²) in [7, 11) is 1.62. The Kier molecular flexibility index (Phi) is 10.8. The molecule has 1 aromatic heterocycles. The van der Waals surface area contributed by atoms with E-state index in [1.807, 2.05) is 30.3 Å². The van der Waals surface area contributed by atoms with Crippen molar-refractivity contribution in [1.29, 1.82) is 0 Å². The molecule has 2 N–H and O–H groups in total. The monoisotopic (exact) mass is 752 g/mol. The predicted octanol–water partition coefficient (Wildman–Crippen LogP) is 7.06. The van der Waals surface area contributed by atoms with Gasteiger partial charge >= 0.3 is 0 Å². The maximum Gasteiger partial charge on any atom is 0.247 e. The molecule has 0 spiro atoms. The quantitative estimate of drug-likeness (QED) is 0.145. The van der Waals surface area contributed by atoms with Gasteiger partial charge in [-0.05, 0) is 55.5 Å². The standard InChI is InChI=1S/C41H46F2N8O4/c1-3-41(52)47-34-23-35(38(53-2)24-37(34)50-12-9-31(10-13-50)49-16-14-48(15-17-49)30-7-8-30)46-39-25-40(45-26-44-39)51-36(11-18-54-51)27-5-4-6-32(19-27)55-33-21-28(42)20-29(43)22-33/h3-6,19-26,30-31,36H,1,7-18H2,2H3,(H,47,52)(H,44,45,46)/t36-/m1/s1. The van der Waals surface area contributed by atoms with Gasteiger partial charge in [0.15, 0.2) is 5.82 Å². The molecule has 0 radical (unpaired) electrons. The third-order valence-electron chi connectivity index (χ3n) is 10.9. The highest BCUT2D eigenvalue weighted by Gasteiger charge is 2.34. The van der Waals surface area contributed by atoms with Crippen LogP contribution < -0.4 is 30.1 Å². The Morgan fingerprint density at radius 3 is 2.27 bits per heavy atom. The minimum Gasteiger partial charge on any atom is -0.494 e. The van der Waals surface area contributed by atoms with E-state index in [0.29, 0.717) is 53.6 Å². The molecule has 8 rings (SSSR count). The van der Waals surface area contributed by atoms with Gasteiger partial charge in [-0.15, -0.1) is 0 Å². The molecular formula is C41H46F2N8O4. The maximum atomic E-state index is 13.8. The minimum absolute atomic E-state index is 0.0639. The number of piperidine rings is 1. The van der Waals surface area contributed by atoms with Gasteiger partial charge < -0.3 is 25.0 Å². The summed E-state index contributed by atoms with van der Waals surface area (Å²) >= 11 is 0. The Labute approximate surface area is 319 Å². The van der Waals surface area contributed by atoms with Crippen molar-refractivity contribution in [2.45, 2.75) is 50.2 Å². The molecule has 14 heteroatoms. The summed E-state index contributed by atoms with van der Waals surface area (Å²) in [6.45, 7) is 10.5. The molecule has 1 aliphatic carbocycles. The molecule has 0 unspecified atom stereocenters. The number of piperazine rings is 1. The lowest BCUT2D eigenvalue weighted by atomic mass is 10.0. The molecule has 1 amide bonds. The number of hydrogen-bond donors (Lipinski definition) is 2. The number of nitrogens with zero attached hydrogens (tertiary/aromatic N) is 6. The fraction of sp³-hybridized carbons (Fsp3) is 0.390. The molecule has 1 saturated carbocycles. The Balaban J connectivity index is 0.978. The topological polar surface area (TPSA) is 108 Å². The molecular weight excluding hydrogens is 706 g/mol. The maximum absolute atomic E-state index is 13.8. The van der Waals surface area contributed by atoms with E-state index in [-0.39, 0.29) is 17.7 Å². The van der Waals surface area contributed by atoms with Crippen molar-refractivity contribution in [2.75, 3.05) is 73.6 Å². The van der Waals surface area contributed by atoms with Crippen LogP contribution in [0, 0.1) is 11.6 Å². The van der Waals surface area contributed by atoms with Crippen molar-refractivity contribution in [1.82, 2.24) is 19.8 Å². The first-order valence-corrected chi connectivity index (χ1v) is 19.0. The Morgan fingerprint density at radius 1 is 0.855 bits per heavy atom. The van der Waals surface area contributed by atoms with Crippen molar-refractivity contribution in [3.05, 3.63) is 96.8 Å². The summed E-state index contributed by atoms with van der Waals surface area (Å²) in [4.78, 5) is 35.4. The zero-order valence-electron chi connectivity index (χ0n) is 30.9. The van der Waals surface area contributed by atoms with E-state index >= 15 is 0 Å². The predicted molar refractivity (Wildman–Crippen MR) is 207 cm³/mol. The second kappa shape index (κ2) is 16.2. The molecule has 3 aromatic carbocycles. The van der Waals surface area contributed by atoms with Crippen LogP contribution in [0.5, 0.6) is 17.2 Å². The number of carbonyl (C=O) groups excluding carboxylic acids is 1. The number of methoxy groups -OCH3 is 1. The number of benzene rings is 3. The lowest BCUT2D eigenvalue weighted by Gasteiger charge is -2.43. The largest absolute Gasteiger partial charge is 0.494 e. The number of carbonyl (C=O) groups is 1. The third-order valence-corrected chi connectivity index (χ3v) is 10.9. The molecule has 4 heterocycles. The lowest BCUT2D eigenvalue weighted by molar-refractivity contribution is -0.111. The lowest BCUT2D eigenvalue weighted by Crippen LogP contribution is -2.53. The van der Waals surface area contributed by atoms with Crippen LogP contribution in [0.1, 0.15) is 43.7 Å². The molecule has 1 atom stereocenters. The number of hydroxylamine groups is 1. The van der Waals surface area contributed by atoms with E-state index < -0.39 is 11.6 Å². The van der Waals surface area contributed by atoms with Crippen LogP contribution >= 0.6 is 0 Å². The number of anilines is 5. The first kappa shape index (κ1) is 36.7. The van der Waals surface area contributed by atoms with Crippen LogP contribution in [-0.2, 0) is 9.63 Å². The molecule has 288 valence electrons. The SMILES string of the molecule is C=CC(=O)Nc1cc(Nc2cc(N3OCC[C@@H]3c3cccc(Oc4cc(F)cc(F)c4)c3)ncn2)c(OC)cc1N1CCC(N2CCN(C3CC3)CC2)CC1. The third kappa shape index (κ3) is 8.51. The summed E-state index contributed by atoms with van der Waals surface area (Å²) in [6, 6.07) is 17.1. The van der Waals surface area contributed by atoms with Crippen LogP contribution in [0.25, 0.3) is 0 Å². The zero-order valence-corrected chi connectivity index (χ0v) is 30.9. The highest BCUT2D eigenvalue weighted by molar-refractivity contribution is 6.02. The van der Waals surface area contributed by atoms with Crippen LogP contribution in [0.15, 0.2) is 79.6 Å². The van der Waals surface area contributed by atoms with Crippen molar-refractivity contribution >= 4 is 34.6 Å². The zero-order chi connectivity index (χ0) is 37.9. The number of ether oxygens (including phenoxy) is 2.